The van der Waals surface area contributed by atoms with E-state index in [4.69, 9.17) is 11.6 Å². The molecule has 2 heterocycles. The second-order valence-electron chi connectivity index (χ2n) is 9.29. The number of pyridine rings is 1. The molecule has 3 aromatic carbocycles. The highest BCUT2D eigenvalue weighted by Crippen LogP contribution is 2.45. The molecule has 3 atom stereocenters. The van der Waals surface area contributed by atoms with Crippen LogP contribution >= 0.6 is 11.6 Å². The molecule has 1 saturated carbocycles. The molecule has 1 aromatic heterocycles. The zero-order chi connectivity index (χ0) is 23.9. The number of halogens is 1. The predicted molar refractivity (Wildman–Crippen MR) is 139 cm³/mol. The van der Waals surface area contributed by atoms with Crippen LogP contribution in [-0.4, -0.2) is 23.0 Å². The van der Waals surface area contributed by atoms with Gasteiger partial charge >= 0.3 is 6.03 Å². The van der Waals surface area contributed by atoms with E-state index in [1.165, 1.54) is 4.90 Å². The van der Waals surface area contributed by atoms with Gasteiger partial charge in [0.1, 0.15) is 0 Å². The highest BCUT2D eigenvalue weighted by molar-refractivity contribution is 6.32. The van der Waals surface area contributed by atoms with E-state index in [0.29, 0.717) is 18.5 Å². The lowest BCUT2D eigenvalue weighted by Crippen LogP contribution is -2.61. The summed E-state index contributed by atoms with van der Waals surface area (Å²) in [4.78, 5) is 32.4. The summed E-state index contributed by atoms with van der Waals surface area (Å²) in [6.45, 7) is 0. The van der Waals surface area contributed by atoms with Crippen molar-refractivity contribution in [2.24, 2.45) is 5.92 Å². The smallest absolute Gasteiger partial charge is 0.329 e. The molecule has 1 aliphatic carbocycles. The summed E-state index contributed by atoms with van der Waals surface area (Å²) in [5, 5.41) is 5.59. The SMILES string of the molecule is O=C1NC2CC(c3c(Cl)cccc3-c3ccccc3)CCC2C(=O)N1c1cncc2ccccc12. The molecule has 1 aliphatic heterocycles. The van der Waals surface area contributed by atoms with E-state index in [-0.39, 0.29) is 23.8 Å². The average molecular weight is 482 g/mol. The number of hydrogen-bond acceptors (Lipinski definition) is 3. The van der Waals surface area contributed by atoms with Crippen molar-refractivity contribution in [3.05, 3.63) is 95.8 Å². The number of nitrogens with one attached hydrogen (secondary N) is 1. The van der Waals surface area contributed by atoms with Crippen LogP contribution in [-0.2, 0) is 4.79 Å². The fourth-order valence-electron chi connectivity index (χ4n) is 5.71. The van der Waals surface area contributed by atoms with Gasteiger partial charge in [-0.2, -0.15) is 0 Å². The molecule has 6 heteroatoms. The maximum atomic E-state index is 13.6. The van der Waals surface area contributed by atoms with Gasteiger partial charge in [0.05, 0.1) is 17.8 Å². The molecule has 2 aliphatic rings. The van der Waals surface area contributed by atoms with Crippen LogP contribution in [0.25, 0.3) is 21.9 Å². The number of rotatable bonds is 3. The van der Waals surface area contributed by atoms with Gasteiger partial charge in [-0.1, -0.05) is 78.3 Å². The Balaban J connectivity index is 1.31. The second-order valence-corrected chi connectivity index (χ2v) is 9.70. The number of anilines is 1. The molecule has 5 nitrogen and oxygen atoms in total. The molecule has 0 radical (unpaired) electrons. The molecular formula is C29H24ClN3O2. The molecule has 174 valence electrons. The van der Waals surface area contributed by atoms with Crippen LogP contribution < -0.4 is 10.2 Å². The first kappa shape index (κ1) is 21.8. The monoisotopic (exact) mass is 481 g/mol. The van der Waals surface area contributed by atoms with Crippen molar-refractivity contribution in [3.8, 4) is 11.1 Å². The highest BCUT2D eigenvalue weighted by atomic mass is 35.5. The van der Waals surface area contributed by atoms with Crippen molar-refractivity contribution < 1.29 is 9.59 Å². The minimum atomic E-state index is -0.391. The van der Waals surface area contributed by atoms with Gasteiger partial charge in [-0.3, -0.25) is 9.78 Å². The van der Waals surface area contributed by atoms with Crippen LogP contribution in [0.3, 0.4) is 0 Å². The van der Waals surface area contributed by atoms with E-state index in [2.05, 4.69) is 28.5 Å². The van der Waals surface area contributed by atoms with Crippen LogP contribution in [0.2, 0.25) is 5.02 Å². The van der Waals surface area contributed by atoms with E-state index in [9.17, 15) is 9.59 Å². The Kier molecular flexibility index (Phi) is 5.50. The fraction of sp³-hybridized carbons (Fsp3) is 0.207. The summed E-state index contributed by atoms with van der Waals surface area (Å²) < 4.78 is 0. The van der Waals surface area contributed by atoms with Crippen molar-refractivity contribution in [1.29, 1.82) is 0 Å². The number of amides is 3. The topological polar surface area (TPSA) is 62.3 Å². The number of carbonyl (C=O) groups excluding carboxylic acids is 2. The van der Waals surface area contributed by atoms with Gasteiger partial charge in [-0.25, -0.2) is 9.69 Å². The van der Waals surface area contributed by atoms with E-state index in [1.54, 1.807) is 12.4 Å². The summed E-state index contributed by atoms with van der Waals surface area (Å²) in [6, 6.07) is 23.3. The van der Waals surface area contributed by atoms with Crippen molar-refractivity contribution in [2.45, 2.75) is 31.2 Å². The molecule has 4 aromatic rings. The molecule has 3 unspecified atom stereocenters. The Bertz CT molecular complexity index is 1430. The highest BCUT2D eigenvalue weighted by Gasteiger charge is 2.45. The van der Waals surface area contributed by atoms with Gasteiger partial charge in [-0.05, 0) is 47.9 Å². The minimum absolute atomic E-state index is 0.152. The fourth-order valence-corrected chi connectivity index (χ4v) is 6.03. The normalized spacial score (nSPS) is 22.1. The summed E-state index contributed by atoms with van der Waals surface area (Å²) >= 11 is 6.73. The lowest BCUT2D eigenvalue weighted by atomic mass is 9.72. The summed E-state index contributed by atoms with van der Waals surface area (Å²) in [5.74, 6) is -0.276. The molecule has 1 saturated heterocycles. The molecule has 2 fully saturated rings. The lowest BCUT2D eigenvalue weighted by Gasteiger charge is -2.43. The number of fused-ring (bicyclic) bond motifs is 2. The number of benzene rings is 3. The molecule has 0 spiro atoms. The number of imide groups is 1. The second kappa shape index (κ2) is 8.82. The molecule has 0 bridgehead atoms. The average Bonchev–Trinajstić information content (AvgIpc) is 2.89. The Labute approximate surface area is 208 Å². The van der Waals surface area contributed by atoms with Crippen molar-refractivity contribution in [2.75, 3.05) is 4.90 Å². The zero-order valence-electron chi connectivity index (χ0n) is 19.0. The Morgan fingerprint density at radius 3 is 2.54 bits per heavy atom. The van der Waals surface area contributed by atoms with E-state index in [0.717, 1.165) is 38.9 Å². The van der Waals surface area contributed by atoms with E-state index < -0.39 is 6.03 Å². The van der Waals surface area contributed by atoms with Gasteiger partial charge in [0.2, 0.25) is 5.91 Å². The molecule has 1 N–H and O–H groups in total. The van der Waals surface area contributed by atoms with Gasteiger partial charge < -0.3 is 5.32 Å². The first-order valence-corrected chi connectivity index (χ1v) is 12.3. The van der Waals surface area contributed by atoms with Crippen molar-refractivity contribution in [3.63, 3.8) is 0 Å². The van der Waals surface area contributed by atoms with Crippen LogP contribution in [0.1, 0.15) is 30.7 Å². The third kappa shape index (κ3) is 3.76. The van der Waals surface area contributed by atoms with E-state index in [1.807, 2.05) is 54.6 Å². The summed E-state index contributed by atoms with van der Waals surface area (Å²) in [5.41, 5.74) is 3.86. The summed E-state index contributed by atoms with van der Waals surface area (Å²) in [7, 11) is 0. The van der Waals surface area contributed by atoms with Crippen LogP contribution in [0.15, 0.2) is 85.2 Å². The predicted octanol–water partition coefficient (Wildman–Crippen LogP) is 6.56. The first-order valence-electron chi connectivity index (χ1n) is 11.9. The zero-order valence-corrected chi connectivity index (χ0v) is 19.8. The molecule has 6 rings (SSSR count). The Morgan fingerprint density at radius 2 is 1.69 bits per heavy atom. The summed E-state index contributed by atoms with van der Waals surface area (Å²) in [6.07, 6.45) is 5.53. The van der Waals surface area contributed by atoms with Gasteiger partial charge in [0.25, 0.3) is 0 Å². The number of nitrogens with zero attached hydrogens (tertiary/aromatic N) is 2. The largest absolute Gasteiger partial charge is 0.334 e. The van der Waals surface area contributed by atoms with Crippen LogP contribution in [0, 0.1) is 5.92 Å². The number of carbonyl (C=O) groups is 2. The standard InChI is InChI=1S/C29H24ClN3O2/c30-24-12-6-11-22(18-7-2-1-3-8-18)27(24)19-13-14-23-25(15-19)32-29(35)33(28(23)34)26-17-31-16-20-9-4-5-10-21(20)26/h1-12,16-17,19,23,25H,13-15H2,(H,32,35). The van der Waals surface area contributed by atoms with Crippen LogP contribution in [0.4, 0.5) is 10.5 Å². The number of hydrogen-bond donors (Lipinski definition) is 1. The lowest BCUT2D eigenvalue weighted by molar-refractivity contribution is -0.124. The van der Waals surface area contributed by atoms with Gasteiger partial charge in [-0.15, -0.1) is 0 Å². The molecule has 35 heavy (non-hydrogen) atoms. The third-order valence-corrected chi connectivity index (χ3v) is 7.66. The van der Waals surface area contributed by atoms with Crippen molar-refractivity contribution in [1.82, 2.24) is 10.3 Å². The minimum Gasteiger partial charge on any atom is -0.334 e. The van der Waals surface area contributed by atoms with Gasteiger partial charge in [0.15, 0.2) is 0 Å². The van der Waals surface area contributed by atoms with E-state index >= 15 is 0 Å². The number of urea groups is 1. The maximum absolute atomic E-state index is 13.6. The maximum Gasteiger partial charge on any atom is 0.329 e. The molecular weight excluding hydrogens is 458 g/mol. The first-order chi connectivity index (χ1) is 17.1. The Morgan fingerprint density at radius 1 is 0.886 bits per heavy atom. The third-order valence-electron chi connectivity index (χ3n) is 7.33. The molecule has 3 amide bonds. The number of aromatic nitrogens is 1. The Hall–Kier alpha value is -3.70. The van der Waals surface area contributed by atoms with Crippen LogP contribution in [0.5, 0.6) is 0 Å². The quantitative estimate of drug-likeness (QED) is 0.360. The van der Waals surface area contributed by atoms with Crippen molar-refractivity contribution >= 4 is 40.0 Å². The van der Waals surface area contributed by atoms with Gasteiger partial charge in [0, 0.05) is 28.0 Å².